The van der Waals surface area contributed by atoms with Crippen molar-refractivity contribution in [2.24, 2.45) is 0 Å². The van der Waals surface area contributed by atoms with Crippen LogP contribution in [0.15, 0.2) is 29.3 Å². The van der Waals surface area contributed by atoms with Gasteiger partial charge in [0.1, 0.15) is 5.03 Å². The fraction of sp³-hybridized carbons (Fsp3) is 0.385. The molecule has 1 N–H and O–H groups in total. The van der Waals surface area contributed by atoms with Gasteiger partial charge in [0, 0.05) is 11.8 Å². The lowest BCUT2D eigenvalue weighted by Gasteiger charge is -2.21. The number of fused-ring (bicyclic) bond motifs is 1. The van der Waals surface area contributed by atoms with Gasteiger partial charge in [-0.05, 0) is 31.5 Å². The Morgan fingerprint density at radius 3 is 2.72 bits per heavy atom. The number of benzene rings is 1. The topological polar surface area (TPSA) is 37.8 Å². The van der Waals surface area contributed by atoms with E-state index in [2.05, 4.69) is 15.3 Å². The van der Waals surface area contributed by atoms with E-state index in [1.807, 2.05) is 24.3 Å². The molecule has 0 spiro atoms. The van der Waals surface area contributed by atoms with Crippen molar-refractivity contribution < 1.29 is 0 Å². The average molecular weight is 280 g/mol. The van der Waals surface area contributed by atoms with Gasteiger partial charge in [0.15, 0.2) is 5.15 Å². The van der Waals surface area contributed by atoms with E-state index in [0.29, 0.717) is 10.4 Å². The molecule has 18 heavy (non-hydrogen) atoms. The molecule has 0 unspecified atom stereocenters. The highest BCUT2D eigenvalue weighted by Gasteiger charge is 2.17. The third kappa shape index (κ3) is 2.60. The molecule has 1 saturated heterocycles. The lowest BCUT2D eigenvalue weighted by Crippen LogP contribution is -2.31. The number of halogens is 1. The van der Waals surface area contributed by atoms with Crippen molar-refractivity contribution in [3.05, 3.63) is 29.4 Å². The second-order valence-corrected chi connectivity index (χ2v) is 6.04. The minimum absolute atomic E-state index is 0.518. The van der Waals surface area contributed by atoms with E-state index in [1.165, 1.54) is 12.8 Å². The van der Waals surface area contributed by atoms with Gasteiger partial charge in [0.25, 0.3) is 0 Å². The lowest BCUT2D eigenvalue weighted by atomic mass is 10.2. The van der Waals surface area contributed by atoms with Crippen LogP contribution >= 0.6 is 23.4 Å². The number of piperidine rings is 1. The molecule has 1 aliphatic rings. The van der Waals surface area contributed by atoms with Crippen molar-refractivity contribution in [2.75, 3.05) is 13.1 Å². The number of rotatable bonds is 2. The maximum atomic E-state index is 6.21. The molecule has 1 aliphatic heterocycles. The Morgan fingerprint density at radius 1 is 1.22 bits per heavy atom. The van der Waals surface area contributed by atoms with Crippen LogP contribution in [0.4, 0.5) is 0 Å². The Balaban J connectivity index is 1.88. The number of thioether (sulfide) groups is 1. The normalized spacial score (nSPS) is 20.2. The van der Waals surface area contributed by atoms with Gasteiger partial charge < -0.3 is 5.32 Å². The molecule has 2 aromatic rings. The Hall–Kier alpha value is -0.840. The third-order valence-electron chi connectivity index (χ3n) is 3.03. The van der Waals surface area contributed by atoms with Crippen molar-refractivity contribution in [1.29, 1.82) is 0 Å². The summed E-state index contributed by atoms with van der Waals surface area (Å²) in [6.45, 7) is 2.14. The molecule has 3 rings (SSSR count). The minimum Gasteiger partial charge on any atom is -0.316 e. The quantitative estimate of drug-likeness (QED) is 0.917. The fourth-order valence-corrected chi connectivity index (χ4v) is 3.48. The predicted octanol–water partition coefficient (Wildman–Crippen LogP) is 3.13. The fourth-order valence-electron chi connectivity index (χ4n) is 2.12. The molecule has 1 fully saturated rings. The highest BCUT2D eigenvalue weighted by molar-refractivity contribution is 8.00. The summed E-state index contributed by atoms with van der Waals surface area (Å²) in [7, 11) is 0. The van der Waals surface area contributed by atoms with Crippen LogP contribution in [0.2, 0.25) is 5.15 Å². The van der Waals surface area contributed by atoms with E-state index in [4.69, 9.17) is 11.6 Å². The summed E-state index contributed by atoms with van der Waals surface area (Å²) in [6, 6.07) is 7.83. The van der Waals surface area contributed by atoms with Crippen molar-refractivity contribution in [3.63, 3.8) is 0 Å². The first kappa shape index (κ1) is 12.2. The van der Waals surface area contributed by atoms with Crippen molar-refractivity contribution in [3.8, 4) is 0 Å². The maximum absolute atomic E-state index is 6.21. The Bertz CT molecular complexity index is 555. The Labute approximate surface area is 115 Å². The van der Waals surface area contributed by atoms with Crippen LogP contribution < -0.4 is 5.32 Å². The second kappa shape index (κ2) is 5.43. The minimum atomic E-state index is 0.518. The highest BCUT2D eigenvalue weighted by atomic mass is 35.5. The summed E-state index contributed by atoms with van der Waals surface area (Å²) in [6.07, 6.45) is 2.43. The molecule has 1 atom stereocenters. The number of hydrogen-bond acceptors (Lipinski definition) is 4. The summed E-state index contributed by atoms with van der Waals surface area (Å²) in [5.41, 5.74) is 1.77. The summed E-state index contributed by atoms with van der Waals surface area (Å²) in [4.78, 5) is 9.01. The van der Waals surface area contributed by atoms with Crippen LogP contribution in [0.3, 0.4) is 0 Å². The van der Waals surface area contributed by atoms with Crippen LogP contribution in [0.1, 0.15) is 12.8 Å². The van der Waals surface area contributed by atoms with Crippen LogP contribution in [0, 0.1) is 0 Å². The van der Waals surface area contributed by atoms with Gasteiger partial charge in [0.2, 0.25) is 0 Å². The number of nitrogens with one attached hydrogen (secondary N) is 1. The van der Waals surface area contributed by atoms with E-state index in [0.717, 1.165) is 29.1 Å². The molecule has 94 valence electrons. The van der Waals surface area contributed by atoms with E-state index in [1.54, 1.807) is 11.8 Å². The Morgan fingerprint density at radius 2 is 2.00 bits per heavy atom. The molecule has 3 nitrogen and oxygen atoms in total. The van der Waals surface area contributed by atoms with Crippen LogP contribution in [0.25, 0.3) is 11.0 Å². The second-order valence-electron chi connectivity index (χ2n) is 4.39. The van der Waals surface area contributed by atoms with Gasteiger partial charge in [-0.2, -0.15) is 0 Å². The van der Waals surface area contributed by atoms with Gasteiger partial charge in [-0.3, -0.25) is 0 Å². The van der Waals surface area contributed by atoms with E-state index in [-0.39, 0.29) is 0 Å². The lowest BCUT2D eigenvalue weighted by molar-refractivity contribution is 0.531. The van der Waals surface area contributed by atoms with Crippen LogP contribution in [0.5, 0.6) is 0 Å². The number of nitrogens with zero attached hydrogens (tertiary/aromatic N) is 2. The van der Waals surface area contributed by atoms with Crippen molar-refractivity contribution >= 4 is 34.4 Å². The largest absolute Gasteiger partial charge is 0.316 e. The molecule has 0 amide bonds. The number of hydrogen-bond donors (Lipinski definition) is 1. The van der Waals surface area contributed by atoms with Crippen molar-refractivity contribution in [2.45, 2.75) is 23.1 Å². The van der Waals surface area contributed by atoms with Gasteiger partial charge in [-0.25, -0.2) is 9.97 Å². The van der Waals surface area contributed by atoms with Gasteiger partial charge in [0.05, 0.1) is 11.0 Å². The molecule has 0 aliphatic carbocycles. The molecular formula is C13H14ClN3S. The van der Waals surface area contributed by atoms with Gasteiger partial charge in [-0.1, -0.05) is 35.5 Å². The molecule has 2 heterocycles. The van der Waals surface area contributed by atoms with Gasteiger partial charge in [-0.15, -0.1) is 0 Å². The molecule has 0 bridgehead atoms. The van der Waals surface area contributed by atoms with E-state index < -0.39 is 0 Å². The standard InChI is InChI=1S/C13H14ClN3S/c14-12-13(18-9-4-3-7-15-8-9)17-11-6-2-1-5-10(11)16-12/h1-2,5-6,9,15H,3-4,7-8H2/t9-/m1/s1. The van der Waals surface area contributed by atoms with Crippen LogP contribution in [-0.2, 0) is 0 Å². The SMILES string of the molecule is Clc1nc2ccccc2nc1S[C@@H]1CCCNC1. The van der Waals surface area contributed by atoms with Gasteiger partial charge >= 0.3 is 0 Å². The summed E-state index contributed by atoms with van der Waals surface area (Å²) >= 11 is 7.95. The highest BCUT2D eigenvalue weighted by Crippen LogP contribution is 2.31. The molecule has 0 saturated carbocycles. The molecule has 1 aromatic carbocycles. The first-order valence-corrected chi connectivity index (χ1v) is 7.38. The third-order valence-corrected chi connectivity index (χ3v) is 4.65. The Kier molecular flexibility index (Phi) is 3.68. The zero-order valence-electron chi connectivity index (χ0n) is 9.90. The molecule has 1 aromatic heterocycles. The monoisotopic (exact) mass is 279 g/mol. The first-order chi connectivity index (χ1) is 8.83. The summed E-state index contributed by atoms with van der Waals surface area (Å²) in [5.74, 6) is 0. The zero-order chi connectivity index (χ0) is 12.4. The van der Waals surface area contributed by atoms with Crippen LogP contribution in [-0.4, -0.2) is 28.3 Å². The predicted molar refractivity (Wildman–Crippen MR) is 76.3 cm³/mol. The molecule has 5 heteroatoms. The summed E-state index contributed by atoms with van der Waals surface area (Å²) < 4.78 is 0. The smallest absolute Gasteiger partial charge is 0.161 e. The van der Waals surface area contributed by atoms with Crippen molar-refractivity contribution in [1.82, 2.24) is 15.3 Å². The van der Waals surface area contributed by atoms with E-state index >= 15 is 0 Å². The zero-order valence-corrected chi connectivity index (χ0v) is 11.5. The average Bonchev–Trinajstić information content (AvgIpc) is 2.41. The first-order valence-electron chi connectivity index (χ1n) is 6.12. The molecule has 0 radical (unpaired) electrons. The maximum Gasteiger partial charge on any atom is 0.161 e. The number of para-hydroxylation sites is 2. The summed E-state index contributed by atoms with van der Waals surface area (Å²) in [5, 5.41) is 5.32. The molecular weight excluding hydrogens is 266 g/mol. The van der Waals surface area contributed by atoms with E-state index in [9.17, 15) is 0 Å². The number of aromatic nitrogens is 2.